The minimum absolute atomic E-state index is 0.0434. The molecule has 7 nitrogen and oxygen atoms in total. The zero-order chi connectivity index (χ0) is 21.8. The number of benzene rings is 2. The van der Waals surface area contributed by atoms with E-state index in [1.54, 1.807) is 42.0 Å². The fraction of sp³-hybridized carbons (Fsp3) is 0.318. The summed E-state index contributed by atoms with van der Waals surface area (Å²) in [5.74, 6) is -0.494. The Morgan fingerprint density at radius 1 is 1.23 bits per heavy atom. The number of anilines is 3. The van der Waals surface area contributed by atoms with Gasteiger partial charge in [-0.05, 0) is 57.3 Å². The second-order valence-electron chi connectivity index (χ2n) is 7.47. The molecule has 0 aliphatic carbocycles. The van der Waals surface area contributed by atoms with E-state index in [9.17, 15) is 14.4 Å². The Morgan fingerprint density at radius 2 is 1.90 bits per heavy atom. The number of nitrogens with one attached hydrogen (secondary N) is 2. The minimum Gasteiger partial charge on any atom is -0.325 e. The van der Waals surface area contributed by atoms with E-state index in [1.807, 2.05) is 37.3 Å². The molecule has 8 heteroatoms. The molecule has 30 heavy (non-hydrogen) atoms. The van der Waals surface area contributed by atoms with Gasteiger partial charge in [-0.3, -0.25) is 19.3 Å². The van der Waals surface area contributed by atoms with E-state index >= 15 is 0 Å². The van der Waals surface area contributed by atoms with Crippen molar-refractivity contribution in [3.05, 3.63) is 53.0 Å². The quantitative estimate of drug-likeness (QED) is 0.697. The molecule has 0 bridgehead atoms. The number of carbonyl (C=O) groups excluding carboxylic acids is 3. The summed E-state index contributed by atoms with van der Waals surface area (Å²) in [6.45, 7) is 3.65. The highest BCUT2D eigenvalue weighted by Crippen LogP contribution is 2.31. The van der Waals surface area contributed by atoms with Crippen molar-refractivity contribution >= 4 is 50.7 Å². The lowest BCUT2D eigenvalue weighted by Crippen LogP contribution is -2.48. The van der Waals surface area contributed by atoms with Gasteiger partial charge >= 0.3 is 0 Å². The number of amides is 3. The fourth-order valence-corrected chi connectivity index (χ4v) is 3.64. The van der Waals surface area contributed by atoms with Crippen molar-refractivity contribution in [1.82, 2.24) is 4.90 Å². The SMILES string of the molecule is CC(C(=O)Nc1ccc(Br)cc1)N(C)CC(=O)N1c2ccccc2NC(=O)CC1C. The third-order valence-corrected chi connectivity index (χ3v) is 5.69. The Balaban J connectivity index is 1.70. The van der Waals surface area contributed by atoms with Gasteiger partial charge in [0.15, 0.2) is 0 Å². The molecule has 1 aliphatic heterocycles. The third kappa shape index (κ3) is 5.06. The smallest absolute Gasteiger partial charge is 0.241 e. The topological polar surface area (TPSA) is 81.8 Å². The number of nitrogens with zero attached hydrogens (tertiary/aromatic N) is 2. The van der Waals surface area contributed by atoms with E-state index in [4.69, 9.17) is 0 Å². The normalized spacial score (nSPS) is 17.0. The molecule has 0 fully saturated rings. The number of fused-ring (bicyclic) bond motifs is 1. The summed E-state index contributed by atoms with van der Waals surface area (Å²) in [6, 6.07) is 13.8. The van der Waals surface area contributed by atoms with Crippen LogP contribution < -0.4 is 15.5 Å². The number of halogens is 1. The van der Waals surface area contributed by atoms with Gasteiger partial charge in [-0.1, -0.05) is 28.1 Å². The number of hydrogen-bond acceptors (Lipinski definition) is 4. The van der Waals surface area contributed by atoms with Gasteiger partial charge in [-0.25, -0.2) is 0 Å². The van der Waals surface area contributed by atoms with Gasteiger partial charge in [-0.15, -0.1) is 0 Å². The second kappa shape index (κ2) is 9.40. The first kappa shape index (κ1) is 22.0. The van der Waals surface area contributed by atoms with E-state index in [0.29, 0.717) is 17.1 Å². The monoisotopic (exact) mass is 472 g/mol. The number of carbonyl (C=O) groups is 3. The molecule has 3 amide bonds. The maximum atomic E-state index is 13.2. The molecule has 158 valence electrons. The van der Waals surface area contributed by atoms with Crippen LogP contribution in [0.25, 0.3) is 0 Å². The van der Waals surface area contributed by atoms with Crippen LogP contribution in [0.4, 0.5) is 17.1 Å². The van der Waals surface area contributed by atoms with Crippen LogP contribution in [0.1, 0.15) is 20.3 Å². The van der Waals surface area contributed by atoms with E-state index in [2.05, 4.69) is 26.6 Å². The molecule has 2 aromatic carbocycles. The average molecular weight is 473 g/mol. The predicted octanol–water partition coefficient (Wildman–Crippen LogP) is 3.47. The number of rotatable bonds is 5. The van der Waals surface area contributed by atoms with Crippen LogP contribution in [-0.2, 0) is 14.4 Å². The standard InChI is InChI=1S/C22H25BrN4O3/c1-14-12-20(28)25-18-6-4-5-7-19(18)27(14)21(29)13-26(3)15(2)22(30)24-17-10-8-16(23)9-11-17/h4-11,14-15H,12-13H2,1-3H3,(H,24,30)(H,25,28). The number of para-hydroxylation sites is 2. The molecular formula is C22H25BrN4O3. The van der Waals surface area contributed by atoms with Crippen LogP contribution in [0, 0.1) is 0 Å². The lowest BCUT2D eigenvalue weighted by atomic mass is 10.1. The Labute approximate surface area is 184 Å². The molecule has 1 aliphatic rings. The highest BCUT2D eigenvalue weighted by Gasteiger charge is 2.31. The van der Waals surface area contributed by atoms with Crippen molar-refractivity contribution in [2.45, 2.75) is 32.4 Å². The lowest BCUT2D eigenvalue weighted by molar-refractivity contribution is -0.123. The number of hydrogen-bond donors (Lipinski definition) is 2. The first-order valence-electron chi connectivity index (χ1n) is 9.74. The zero-order valence-electron chi connectivity index (χ0n) is 17.2. The van der Waals surface area contributed by atoms with Crippen LogP contribution in [0.3, 0.4) is 0 Å². The average Bonchev–Trinajstić information content (AvgIpc) is 2.83. The van der Waals surface area contributed by atoms with Gasteiger partial charge in [-0.2, -0.15) is 0 Å². The van der Waals surface area contributed by atoms with Gasteiger partial charge in [0, 0.05) is 22.6 Å². The highest BCUT2D eigenvalue weighted by atomic mass is 79.9. The van der Waals surface area contributed by atoms with Crippen LogP contribution in [0.2, 0.25) is 0 Å². The maximum Gasteiger partial charge on any atom is 0.241 e. The summed E-state index contributed by atoms with van der Waals surface area (Å²) in [5.41, 5.74) is 1.97. The molecule has 3 rings (SSSR count). The van der Waals surface area contributed by atoms with E-state index in [-0.39, 0.29) is 36.7 Å². The Kier molecular flexibility index (Phi) is 6.89. The molecule has 0 saturated heterocycles. The lowest BCUT2D eigenvalue weighted by Gasteiger charge is -2.31. The Morgan fingerprint density at radius 3 is 2.60 bits per heavy atom. The van der Waals surface area contributed by atoms with Gasteiger partial charge in [0.1, 0.15) is 0 Å². The van der Waals surface area contributed by atoms with Gasteiger partial charge in [0.25, 0.3) is 0 Å². The summed E-state index contributed by atoms with van der Waals surface area (Å²) in [6.07, 6.45) is 0.212. The van der Waals surface area contributed by atoms with Crippen LogP contribution in [0.15, 0.2) is 53.0 Å². The molecule has 2 atom stereocenters. The molecule has 0 saturated carbocycles. The molecular weight excluding hydrogens is 448 g/mol. The predicted molar refractivity (Wildman–Crippen MR) is 122 cm³/mol. The van der Waals surface area contributed by atoms with Crippen molar-refractivity contribution in [2.24, 2.45) is 0 Å². The van der Waals surface area contributed by atoms with E-state index < -0.39 is 6.04 Å². The van der Waals surface area contributed by atoms with Crippen molar-refractivity contribution in [2.75, 3.05) is 29.1 Å². The molecule has 2 unspecified atom stereocenters. The summed E-state index contributed by atoms with van der Waals surface area (Å²) in [4.78, 5) is 41.3. The second-order valence-corrected chi connectivity index (χ2v) is 8.39. The first-order chi connectivity index (χ1) is 14.3. The molecule has 1 heterocycles. The van der Waals surface area contributed by atoms with Crippen molar-refractivity contribution < 1.29 is 14.4 Å². The summed E-state index contributed by atoms with van der Waals surface area (Å²) in [7, 11) is 1.74. The molecule has 2 aromatic rings. The van der Waals surface area contributed by atoms with Crippen LogP contribution in [-0.4, -0.2) is 48.3 Å². The molecule has 2 N–H and O–H groups in total. The fourth-order valence-electron chi connectivity index (χ4n) is 3.37. The first-order valence-corrected chi connectivity index (χ1v) is 10.5. The number of likely N-dealkylation sites (N-methyl/N-ethyl adjacent to an activating group) is 1. The van der Waals surface area contributed by atoms with Gasteiger partial charge in [0.05, 0.1) is 24.0 Å². The largest absolute Gasteiger partial charge is 0.325 e. The van der Waals surface area contributed by atoms with Crippen LogP contribution in [0.5, 0.6) is 0 Å². The van der Waals surface area contributed by atoms with Crippen molar-refractivity contribution in [3.63, 3.8) is 0 Å². The van der Waals surface area contributed by atoms with Crippen molar-refractivity contribution in [1.29, 1.82) is 0 Å². The molecule has 0 aromatic heterocycles. The highest BCUT2D eigenvalue weighted by molar-refractivity contribution is 9.10. The summed E-state index contributed by atoms with van der Waals surface area (Å²) >= 11 is 3.37. The third-order valence-electron chi connectivity index (χ3n) is 5.16. The minimum atomic E-state index is -0.519. The van der Waals surface area contributed by atoms with Crippen LogP contribution >= 0.6 is 15.9 Å². The summed E-state index contributed by atoms with van der Waals surface area (Å²) in [5, 5.41) is 5.71. The van der Waals surface area contributed by atoms with Crippen molar-refractivity contribution in [3.8, 4) is 0 Å². The maximum absolute atomic E-state index is 13.2. The Hall–Kier alpha value is -2.71. The molecule has 0 spiro atoms. The van der Waals surface area contributed by atoms with Gasteiger partial charge in [0.2, 0.25) is 17.7 Å². The van der Waals surface area contributed by atoms with E-state index in [1.165, 1.54) is 0 Å². The zero-order valence-corrected chi connectivity index (χ0v) is 18.8. The summed E-state index contributed by atoms with van der Waals surface area (Å²) < 4.78 is 0.927. The Bertz CT molecular complexity index is 948. The van der Waals surface area contributed by atoms with E-state index in [0.717, 1.165) is 4.47 Å². The molecule has 0 radical (unpaired) electrons. The van der Waals surface area contributed by atoms with Gasteiger partial charge < -0.3 is 15.5 Å².